The Morgan fingerprint density at radius 1 is 1.45 bits per heavy atom. The molecule has 1 heterocycles. The fourth-order valence-electron chi connectivity index (χ4n) is 2.46. The average molecular weight is 294 g/mol. The zero-order chi connectivity index (χ0) is 14.4. The Morgan fingerprint density at radius 2 is 2.20 bits per heavy atom. The summed E-state index contributed by atoms with van der Waals surface area (Å²) in [5.74, 6) is 1.11. The summed E-state index contributed by atoms with van der Waals surface area (Å²) in [5.41, 5.74) is 2.10. The van der Waals surface area contributed by atoms with E-state index in [1.54, 1.807) is 4.90 Å². The number of benzene rings is 1. The van der Waals surface area contributed by atoms with E-state index in [1.165, 1.54) is 5.56 Å². The van der Waals surface area contributed by atoms with Gasteiger partial charge >= 0.3 is 6.03 Å². The number of nitrogens with one attached hydrogen (secondary N) is 1. The maximum absolute atomic E-state index is 12.1. The molecule has 20 heavy (non-hydrogen) atoms. The quantitative estimate of drug-likeness (QED) is 0.877. The molecule has 2 amide bonds. The first-order valence-electron chi connectivity index (χ1n) is 7.01. The highest BCUT2D eigenvalue weighted by Crippen LogP contribution is 2.19. The molecule has 0 spiro atoms. The van der Waals surface area contributed by atoms with Gasteiger partial charge in [0.2, 0.25) is 0 Å². The number of anilines is 1. The number of hydrogen-bond donors (Lipinski definition) is 2. The summed E-state index contributed by atoms with van der Waals surface area (Å²) in [6.45, 7) is 0.768. The lowest BCUT2D eigenvalue weighted by molar-refractivity contribution is 0.166. The van der Waals surface area contributed by atoms with Gasteiger partial charge in [0.1, 0.15) is 0 Å². The van der Waals surface area contributed by atoms with Gasteiger partial charge in [-0.15, -0.1) is 0 Å². The molecule has 1 fully saturated rings. The molecule has 110 valence electrons. The van der Waals surface area contributed by atoms with Crippen LogP contribution in [0.3, 0.4) is 0 Å². The number of rotatable bonds is 5. The van der Waals surface area contributed by atoms with Gasteiger partial charge in [0.25, 0.3) is 0 Å². The smallest absolute Gasteiger partial charge is 0.322 e. The van der Waals surface area contributed by atoms with Crippen LogP contribution in [0.15, 0.2) is 24.3 Å². The van der Waals surface area contributed by atoms with E-state index in [0.717, 1.165) is 37.2 Å². The standard InChI is InChI=1S/C15H22N2O2S/c1-20-10-8-12-4-6-13(7-5-12)16-15(19)17-9-2-3-14(17)11-18/h4-7,14,18H,2-3,8-11H2,1H3,(H,16,19)/t14-/m0/s1. The highest BCUT2D eigenvalue weighted by atomic mass is 32.2. The minimum Gasteiger partial charge on any atom is -0.394 e. The molecule has 1 aliphatic heterocycles. The van der Waals surface area contributed by atoms with Crippen molar-refractivity contribution in [1.29, 1.82) is 0 Å². The zero-order valence-electron chi connectivity index (χ0n) is 11.8. The van der Waals surface area contributed by atoms with Crippen molar-refractivity contribution in [1.82, 2.24) is 4.90 Å². The summed E-state index contributed by atoms with van der Waals surface area (Å²) < 4.78 is 0. The van der Waals surface area contributed by atoms with Gasteiger partial charge in [0.05, 0.1) is 12.6 Å². The summed E-state index contributed by atoms with van der Waals surface area (Å²) in [6.07, 6.45) is 5.00. The molecule has 1 atom stereocenters. The molecule has 2 N–H and O–H groups in total. The predicted molar refractivity (Wildman–Crippen MR) is 84.4 cm³/mol. The van der Waals surface area contributed by atoms with Crippen LogP contribution in [0.25, 0.3) is 0 Å². The number of nitrogens with zero attached hydrogens (tertiary/aromatic N) is 1. The van der Waals surface area contributed by atoms with E-state index in [1.807, 2.05) is 23.9 Å². The second-order valence-electron chi connectivity index (χ2n) is 5.04. The van der Waals surface area contributed by atoms with Crippen molar-refractivity contribution in [3.05, 3.63) is 29.8 Å². The zero-order valence-corrected chi connectivity index (χ0v) is 12.7. The molecular weight excluding hydrogens is 272 g/mol. The van der Waals surface area contributed by atoms with Crippen molar-refractivity contribution in [2.45, 2.75) is 25.3 Å². The van der Waals surface area contributed by atoms with E-state index in [4.69, 9.17) is 0 Å². The molecule has 0 unspecified atom stereocenters. The molecule has 0 radical (unpaired) electrons. The first kappa shape index (κ1) is 15.2. The number of carbonyl (C=O) groups excluding carboxylic acids is 1. The number of thioether (sulfide) groups is 1. The summed E-state index contributed by atoms with van der Waals surface area (Å²) >= 11 is 1.83. The average Bonchev–Trinajstić information content (AvgIpc) is 2.95. The molecular formula is C15H22N2O2S. The number of aliphatic hydroxyl groups excluding tert-OH is 1. The number of amides is 2. The number of urea groups is 1. The summed E-state index contributed by atoms with van der Waals surface area (Å²) in [7, 11) is 0. The van der Waals surface area contributed by atoms with Gasteiger partial charge in [-0.2, -0.15) is 11.8 Å². The van der Waals surface area contributed by atoms with Gasteiger partial charge in [0, 0.05) is 12.2 Å². The molecule has 1 aromatic rings. The van der Waals surface area contributed by atoms with Gasteiger partial charge < -0.3 is 15.3 Å². The number of aliphatic hydroxyl groups is 1. The first-order chi connectivity index (χ1) is 9.74. The minimum atomic E-state index is -0.113. The van der Waals surface area contributed by atoms with Crippen LogP contribution in [-0.2, 0) is 6.42 Å². The Morgan fingerprint density at radius 3 is 2.85 bits per heavy atom. The highest BCUT2D eigenvalue weighted by molar-refractivity contribution is 7.98. The Labute approximate surface area is 124 Å². The Bertz CT molecular complexity index is 436. The van der Waals surface area contributed by atoms with Crippen LogP contribution < -0.4 is 5.32 Å². The lowest BCUT2D eigenvalue weighted by atomic mass is 10.1. The highest BCUT2D eigenvalue weighted by Gasteiger charge is 2.27. The minimum absolute atomic E-state index is 0.0316. The van der Waals surface area contributed by atoms with Crippen LogP contribution in [0.5, 0.6) is 0 Å². The molecule has 0 bridgehead atoms. The van der Waals surface area contributed by atoms with E-state index in [0.29, 0.717) is 0 Å². The summed E-state index contributed by atoms with van der Waals surface area (Å²) in [4.78, 5) is 13.9. The second-order valence-corrected chi connectivity index (χ2v) is 6.03. The van der Waals surface area contributed by atoms with E-state index in [-0.39, 0.29) is 18.7 Å². The summed E-state index contributed by atoms with van der Waals surface area (Å²) in [6, 6.07) is 7.85. The van der Waals surface area contributed by atoms with Crippen molar-refractivity contribution < 1.29 is 9.90 Å². The lowest BCUT2D eigenvalue weighted by Crippen LogP contribution is -2.40. The Balaban J connectivity index is 1.90. The third kappa shape index (κ3) is 3.90. The molecule has 0 aromatic heterocycles. The number of likely N-dealkylation sites (tertiary alicyclic amines) is 1. The normalized spacial score (nSPS) is 18.3. The number of hydrogen-bond acceptors (Lipinski definition) is 3. The molecule has 1 aliphatic rings. The third-order valence-electron chi connectivity index (χ3n) is 3.65. The maximum Gasteiger partial charge on any atom is 0.322 e. The maximum atomic E-state index is 12.1. The fraction of sp³-hybridized carbons (Fsp3) is 0.533. The van der Waals surface area contributed by atoms with Crippen LogP contribution in [0, 0.1) is 0 Å². The number of aryl methyl sites for hydroxylation is 1. The van der Waals surface area contributed by atoms with E-state index in [2.05, 4.69) is 23.7 Å². The fourth-order valence-corrected chi connectivity index (χ4v) is 2.90. The first-order valence-corrected chi connectivity index (χ1v) is 8.40. The van der Waals surface area contributed by atoms with Crippen molar-refractivity contribution in [3.8, 4) is 0 Å². The lowest BCUT2D eigenvalue weighted by Gasteiger charge is -2.23. The van der Waals surface area contributed by atoms with Gasteiger partial charge in [0.15, 0.2) is 0 Å². The van der Waals surface area contributed by atoms with Crippen molar-refractivity contribution in [2.75, 3.05) is 30.5 Å². The Hall–Kier alpha value is -1.20. The van der Waals surface area contributed by atoms with E-state index >= 15 is 0 Å². The molecule has 4 nitrogen and oxygen atoms in total. The molecule has 1 aromatic carbocycles. The molecule has 1 saturated heterocycles. The number of carbonyl (C=O) groups is 1. The van der Waals surface area contributed by atoms with Crippen molar-refractivity contribution in [2.24, 2.45) is 0 Å². The van der Waals surface area contributed by atoms with Gasteiger partial charge in [-0.1, -0.05) is 12.1 Å². The SMILES string of the molecule is CSCCc1ccc(NC(=O)N2CCC[C@H]2CO)cc1. The van der Waals surface area contributed by atoms with Crippen molar-refractivity contribution in [3.63, 3.8) is 0 Å². The van der Waals surface area contributed by atoms with Gasteiger partial charge in [-0.25, -0.2) is 4.79 Å². The van der Waals surface area contributed by atoms with Gasteiger partial charge in [-0.3, -0.25) is 0 Å². The van der Waals surface area contributed by atoms with Crippen molar-refractivity contribution >= 4 is 23.5 Å². The monoisotopic (exact) mass is 294 g/mol. The second kappa shape index (κ2) is 7.55. The molecule has 2 rings (SSSR count). The predicted octanol–water partition coefficient (Wildman–Crippen LogP) is 2.58. The van der Waals surface area contributed by atoms with Crippen LogP contribution >= 0.6 is 11.8 Å². The molecule has 0 saturated carbocycles. The van der Waals surface area contributed by atoms with Crippen LogP contribution in [0.4, 0.5) is 10.5 Å². The molecule has 5 heteroatoms. The topological polar surface area (TPSA) is 52.6 Å². The van der Waals surface area contributed by atoms with Crippen LogP contribution in [0.1, 0.15) is 18.4 Å². The largest absolute Gasteiger partial charge is 0.394 e. The molecule has 0 aliphatic carbocycles. The third-order valence-corrected chi connectivity index (χ3v) is 4.26. The van der Waals surface area contributed by atoms with Crippen LogP contribution in [-0.4, -0.2) is 47.2 Å². The summed E-state index contributed by atoms with van der Waals surface area (Å²) in [5, 5.41) is 12.1. The van der Waals surface area contributed by atoms with Gasteiger partial charge in [-0.05, 0) is 49.0 Å². The van der Waals surface area contributed by atoms with E-state index < -0.39 is 0 Å². The van der Waals surface area contributed by atoms with Crippen LogP contribution in [0.2, 0.25) is 0 Å². The Kier molecular flexibility index (Phi) is 5.73. The van der Waals surface area contributed by atoms with E-state index in [9.17, 15) is 9.90 Å².